The van der Waals surface area contributed by atoms with Gasteiger partial charge in [-0.25, -0.2) is 0 Å². The molecule has 1 fully saturated rings. The third kappa shape index (κ3) is 3.81. The molecule has 0 saturated carbocycles. The number of halogens is 3. The molecule has 2 bridgehead atoms. The maximum absolute atomic E-state index is 13.7. The fraction of sp³-hybridized carbons (Fsp3) is 0.167. The Hall–Kier alpha value is -2.51. The van der Waals surface area contributed by atoms with Gasteiger partial charge in [-0.3, -0.25) is 9.69 Å². The van der Waals surface area contributed by atoms with Crippen LogP contribution in [0.15, 0.2) is 66.7 Å². The summed E-state index contributed by atoms with van der Waals surface area (Å²) < 4.78 is 6.53. The topological polar surface area (TPSA) is 53.6 Å². The lowest BCUT2D eigenvalue weighted by Gasteiger charge is -2.56. The lowest BCUT2D eigenvalue weighted by Crippen LogP contribution is -2.72. The Kier molecular flexibility index (Phi) is 5.65. The molecule has 1 amide bonds. The van der Waals surface area contributed by atoms with E-state index < -0.39 is 17.7 Å². The van der Waals surface area contributed by atoms with E-state index in [9.17, 15) is 4.79 Å². The minimum atomic E-state index is -1.17. The second kappa shape index (κ2) is 8.37. The molecule has 9 heteroatoms. The number of nitrogens with zero attached hydrogens (tertiary/aromatic N) is 1. The summed E-state index contributed by atoms with van der Waals surface area (Å²) in [6.45, 7) is 1.85. The zero-order chi connectivity index (χ0) is 23.3. The van der Waals surface area contributed by atoms with Gasteiger partial charge in [0.1, 0.15) is 11.7 Å². The number of carbonyl (C=O) groups is 1. The van der Waals surface area contributed by atoms with E-state index in [1.165, 1.54) is 0 Å². The van der Waals surface area contributed by atoms with Gasteiger partial charge in [0.25, 0.3) is 0 Å². The molecule has 2 heterocycles. The maximum atomic E-state index is 13.7. The quantitative estimate of drug-likeness (QED) is 0.391. The second-order valence-electron chi connectivity index (χ2n) is 8.03. The highest BCUT2D eigenvalue weighted by Crippen LogP contribution is 2.52. The van der Waals surface area contributed by atoms with Gasteiger partial charge in [0.05, 0.1) is 11.1 Å². The number of ether oxygens (including phenoxy) is 1. The lowest BCUT2D eigenvalue weighted by molar-refractivity contribution is -0.130. The number of thiocarbonyl (C=S) groups is 1. The summed E-state index contributed by atoms with van der Waals surface area (Å²) in [5, 5.41) is 8.15. The van der Waals surface area contributed by atoms with Gasteiger partial charge in [0.2, 0.25) is 5.91 Å². The van der Waals surface area contributed by atoms with E-state index in [-0.39, 0.29) is 5.91 Å². The van der Waals surface area contributed by atoms with Crippen LogP contribution < -0.4 is 20.3 Å². The minimum absolute atomic E-state index is 0.248. The Bertz CT molecular complexity index is 1260. The SMILES string of the molecule is C[C@]12Oc3c(Cl)cc(Cl)cc3[C@@H](NC(=S)N1c1ccccc1)[C@@H]2C(=O)Nc1ccc(Cl)cc1. The molecule has 3 atom stereocenters. The van der Waals surface area contributed by atoms with Gasteiger partial charge in [-0.15, -0.1) is 0 Å². The largest absolute Gasteiger partial charge is 0.465 e. The van der Waals surface area contributed by atoms with Crippen molar-refractivity contribution < 1.29 is 9.53 Å². The van der Waals surface area contributed by atoms with Crippen LogP contribution in [0.5, 0.6) is 5.75 Å². The van der Waals surface area contributed by atoms with Crippen LogP contribution in [0.25, 0.3) is 0 Å². The van der Waals surface area contributed by atoms with E-state index in [4.69, 9.17) is 51.8 Å². The van der Waals surface area contributed by atoms with Crippen LogP contribution in [0.3, 0.4) is 0 Å². The van der Waals surface area contributed by atoms with E-state index in [1.54, 1.807) is 36.4 Å². The molecule has 2 N–H and O–H groups in total. The number of anilines is 2. The van der Waals surface area contributed by atoms with E-state index in [0.717, 1.165) is 5.69 Å². The number of carbonyl (C=O) groups excluding carboxylic acids is 1. The van der Waals surface area contributed by atoms with Crippen molar-refractivity contribution >= 4 is 69.4 Å². The number of hydrogen-bond donors (Lipinski definition) is 2. The highest BCUT2D eigenvalue weighted by Gasteiger charge is 2.59. The molecule has 0 aromatic heterocycles. The van der Waals surface area contributed by atoms with E-state index in [1.807, 2.05) is 42.2 Å². The molecule has 2 aliphatic heterocycles. The molecule has 0 spiro atoms. The molecule has 33 heavy (non-hydrogen) atoms. The van der Waals surface area contributed by atoms with Crippen LogP contribution in [0.2, 0.25) is 15.1 Å². The first-order valence-electron chi connectivity index (χ1n) is 10.2. The number of fused-ring (bicyclic) bond motifs is 4. The van der Waals surface area contributed by atoms with Crippen molar-refractivity contribution in [3.8, 4) is 5.75 Å². The maximum Gasteiger partial charge on any atom is 0.236 e. The summed E-state index contributed by atoms with van der Waals surface area (Å²) in [5.41, 5.74) is 0.912. The highest BCUT2D eigenvalue weighted by atomic mass is 35.5. The van der Waals surface area contributed by atoms with Crippen molar-refractivity contribution in [2.75, 3.05) is 10.2 Å². The van der Waals surface area contributed by atoms with Crippen molar-refractivity contribution in [1.29, 1.82) is 0 Å². The summed E-state index contributed by atoms with van der Waals surface area (Å²) in [6.07, 6.45) is 0. The van der Waals surface area contributed by atoms with Gasteiger partial charge in [0, 0.05) is 27.0 Å². The summed E-state index contributed by atoms with van der Waals surface area (Å²) in [7, 11) is 0. The van der Waals surface area contributed by atoms with Crippen molar-refractivity contribution in [2.24, 2.45) is 5.92 Å². The Labute approximate surface area is 211 Å². The van der Waals surface area contributed by atoms with Crippen LogP contribution in [0, 0.1) is 5.92 Å². The van der Waals surface area contributed by atoms with Gasteiger partial charge in [-0.05, 0) is 67.7 Å². The predicted molar refractivity (Wildman–Crippen MR) is 136 cm³/mol. The average Bonchev–Trinajstić information content (AvgIpc) is 2.76. The van der Waals surface area contributed by atoms with Gasteiger partial charge < -0.3 is 15.4 Å². The fourth-order valence-corrected chi connectivity index (χ4v) is 5.61. The Morgan fingerprint density at radius 2 is 1.76 bits per heavy atom. The molecule has 3 aromatic rings. The predicted octanol–water partition coefficient (Wildman–Crippen LogP) is 6.45. The Morgan fingerprint density at radius 1 is 1.06 bits per heavy atom. The first-order chi connectivity index (χ1) is 15.8. The van der Waals surface area contributed by atoms with E-state index in [2.05, 4.69) is 10.6 Å². The number of benzene rings is 3. The first-order valence-corrected chi connectivity index (χ1v) is 11.7. The summed E-state index contributed by atoms with van der Waals surface area (Å²) in [4.78, 5) is 15.6. The molecule has 3 aromatic carbocycles. The number of para-hydroxylation sites is 1. The summed E-state index contributed by atoms with van der Waals surface area (Å²) >= 11 is 24.6. The number of hydrogen-bond acceptors (Lipinski definition) is 3. The van der Waals surface area contributed by atoms with Crippen molar-refractivity contribution in [3.63, 3.8) is 0 Å². The molecule has 0 radical (unpaired) electrons. The molecule has 5 rings (SSSR count). The molecule has 168 valence electrons. The molecule has 5 nitrogen and oxygen atoms in total. The average molecular weight is 519 g/mol. The standard InChI is InChI=1S/C24H18Cl3N3O2S/c1-24-19(22(31)28-15-9-7-13(25)8-10-15)20(17-11-14(26)12-18(27)21(17)32-24)29-23(33)30(24)16-5-3-2-4-6-16/h2-12,19-20H,1H3,(H,28,31)(H,29,33)/t19-,20-,24-/m1/s1. The molecule has 2 aliphatic rings. The fourth-order valence-electron chi connectivity index (χ4n) is 4.52. The van der Waals surface area contributed by atoms with Crippen LogP contribution >= 0.6 is 47.0 Å². The lowest BCUT2D eigenvalue weighted by atomic mass is 9.78. The zero-order valence-corrected chi connectivity index (χ0v) is 20.4. The first kappa shape index (κ1) is 22.3. The summed E-state index contributed by atoms with van der Waals surface area (Å²) in [5.74, 6) is -0.482. The Balaban J connectivity index is 1.64. The number of nitrogens with one attached hydrogen (secondary N) is 2. The molecular weight excluding hydrogens is 501 g/mol. The molecule has 1 saturated heterocycles. The smallest absolute Gasteiger partial charge is 0.236 e. The number of rotatable bonds is 3. The third-order valence-corrected chi connectivity index (χ3v) is 6.98. The molecule has 0 aliphatic carbocycles. The molecule has 0 unspecified atom stereocenters. The van der Waals surface area contributed by atoms with Gasteiger partial charge >= 0.3 is 0 Å². The Morgan fingerprint density at radius 3 is 2.45 bits per heavy atom. The van der Waals surface area contributed by atoms with Crippen molar-refractivity contribution in [2.45, 2.75) is 18.7 Å². The minimum Gasteiger partial charge on any atom is -0.465 e. The zero-order valence-electron chi connectivity index (χ0n) is 17.3. The van der Waals surface area contributed by atoms with Crippen LogP contribution in [-0.4, -0.2) is 16.7 Å². The van der Waals surface area contributed by atoms with Gasteiger partial charge in [-0.2, -0.15) is 0 Å². The third-order valence-electron chi connectivity index (χ3n) is 5.93. The van der Waals surface area contributed by atoms with Crippen molar-refractivity contribution in [1.82, 2.24) is 5.32 Å². The molecular formula is C24H18Cl3N3O2S. The van der Waals surface area contributed by atoms with Gasteiger partial charge in [0.15, 0.2) is 10.8 Å². The van der Waals surface area contributed by atoms with Crippen LogP contribution in [0.1, 0.15) is 18.5 Å². The van der Waals surface area contributed by atoms with E-state index in [0.29, 0.717) is 37.2 Å². The summed E-state index contributed by atoms with van der Waals surface area (Å²) in [6, 6.07) is 19.3. The normalized spacial score (nSPS) is 23.3. The second-order valence-corrected chi connectivity index (χ2v) is 9.70. The van der Waals surface area contributed by atoms with Crippen LogP contribution in [0.4, 0.5) is 11.4 Å². The van der Waals surface area contributed by atoms with Gasteiger partial charge in [-0.1, -0.05) is 53.0 Å². The number of amides is 1. The van der Waals surface area contributed by atoms with Crippen molar-refractivity contribution in [3.05, 3.63) is 87.4 Å². The van der Waals surface area contributed by atoms with E-state index >= 15 is 0 Å². The van der Waals surface area contributed by atoms with Crippen LogP contribution in [-0.2, 0) is 4.79 Å². The monoisotopic (exact) mass is 517 g/mol. The highest BCUT2D eigenvalue weighted by molar-refractivity contribution is 7.80.